The quantitative estimate of drug-likeness (QED) is 0.839. The van der Waals surface area contributed by atoms with Gasteiger partial charge in [-0.25, -0.2) is 0 Å². The van der Waals surface area contributed by atoms with Crippen LogP contribution in [0.15, 0.2) is 0 Å². The van der Waals surface area contributed by atoms with Crippen molar-refractivity contribution in [3.8, 4) is 0 Å². The Bertz CT molecular complexity index is 305. The highest BCUT2D eigenvalue weighted by atomic mass is 16.2. The van der Waals surface area contributed by atoms with Crippen molar-refractivity contribution in [2.75, 3.05) is 13.1 Å². The highest BCUT2D eigenvalue weighted by Crippen LogP contribution is 2.33. The summed E-state index contributed by atoms with van der Waals surface area (Å²) < 4.78 is 0. The summed E-state index contributed by atoms with van der Waals surface area (Å²) in [4.78, 5) is 14.7. The van der Waals surface area contributed by atoms with Crippen molar-refractivity contribution in [1.82, 2.24) is 4.90 Å². The molecule has 1 saturated heterocycles. The molecule has 3 heteroatoms. The summed E-state index contributed by atoms with van der Waals surface area (Å²) in [6.45, 7) is 6.31. The number of rotatable bonds is 3. The summed E-state index contributed by atoms with van der Waals surface area (Å²) in [5, 5.41) is 0. The molecule has 1 saturated carbocycles. The van der Waals surface area contributed by atoms with Gasteiger partial charge in [0.05, 0.1) is 5.54 Å². The number of hydrogen-bond acceptors (Lipinski definition) is 2. The van der Waals surface area contributed by atoms with Crippen LogP contribution in [0.5, 0.6) is 0 Å². The Balaban J connectivity index is 1.94. The molecule has 2 rings (SSSR count). The molecular weight excluding hydrogens is 224 g/mol. The standard InChI is InChI=1S/C15H28N2O/c1-3-5-13-7-9-17(11-13)14(18)15(16)8-4-6-12(2)10-15/h12-13H,3-11,16H2,1-2H3. The molecule has 104 valence electrons. The lowest BCUT2D eigenvalue weighted by Gasteiger charge is -2.38. The maximum Gasteiger partial charge on any atom is 0.242 e. The molecule has 3 atom stereocenters. The zero-order valence-electron chi connectivity index (χ0n) is 12.0. The fourth-order valence-corrected chi connectivity index (χ4v) is 3.76. The van der Waals surface area contributed by atoms with Gasteiger partial charge < -0.3 is 10.6 Å². The van der Waals surface area contributed by atoms with Gasteiger partial charge >= 0.3 is 0 Å². The van der Waals surface area contributed by atoms with Crippen LogP contribution in [0, 0.1) is 11.8 Å². The van der Waals surface area contributed by atoms with Gasteiger partial charge in [0.25, 0.3) is 0 Å². The maximum atomic E-state index is 12.6. The van der Waals surface area contributed by atoms with Crippen LogP contribution in [-0.2, 0) is 4.79 Å². The minimum atomic E-state index is -0.557. The van der Waals surface area contributed by atoms with Crippen molar-refractivity contribution in [2.45, 2.75) is 64.3 Å². The van der Waals surface area contributed by atoms with E-state index in [0.29, 0.717) is 11.8 Å². The predicted molar refractivity (Wildman–Crippen MR) is 74.1 cm³/mol. The molecule has 0 aromatic heterocycles. The van der Waals surface area contributed by atoms with Gasteiger partial charge in [0.2, 0.25) is 5.91 Å². The van der Waals surface area contributed by atoms with Crippen LogP contribution < -0.4 is 5.73 Å². The Morgan fingerprint density at radius 1 is 1.44 bits per heavy atom. The first-order valence-electron chi connectivity index (χ1n) is 7.63. The Morgan fingerprint density at radius 3 is 2.89 bits per heavy atom. The number of likely N-dealkylation sites (tertiary alicyclic amines) is 1. The first-order valence-corrected chi connectivity index (χ1v) is 7.63. The number of amides is 1. The van der Waals surface area contributed by atoms with Crippen molar-refractivity contribution in [3.05, 3.63) is 0 Å². The molecule has 3 unspecified atom stereocenters. The largest absolute Gasteiger partial charge is 0.341 e. The third-order valence-electron chi connectivity index (χ3n) is 4.73. The number of nitrogens with two attached hydrogens (primary N) is 1. The van der Waals surface area contributed by atoms with Crippen LogP contribution in [0.2, 0.25) is 0 Å². The molecule has 0 aromatic rings. The summed E-state index contributed by atoms with van der Waals surface area (Å²) in [6.07, 6.45) is 7.73. The maximum absolute atomic E-state index is 12.6. The molecule has 0 bridgehead atoms. The zero-order valence-corrected chi connectivity index (χ0v) is 12.0. The summed E-state index contributed by atoms with van der Waals surface area (Å²) in [5.74, 6) is 1.54. The molecule has 1 amide bonds. The molecule has 18 heavy (non-hydrogen) atoms. The average molecular weight is 252 g/mol. The molecule has 1 heterocycles. The Hall–Kier alpha value is -0.570. The summed E-state index contributed by atoms with van der Waals surface area (Å²) in [6, 6.07) is 0. The monoisotopic (exact) mass is 252 g/mol. The van der Waals surface area contributed by atoms with Crippen LogP contribution in [0.1, 0.15) is 58.8 Å². The van der Waals surface area contributed by atoms with Crippen LogP contribution in [-0.4, -0.2) is 29.4 Å². The lowest BCUT2D eigenvalue weighted by molar-refractivity contribution is -0.137. The lowest BCUT2D eigenvalue weighted by atomic mass is 9.76. The van der Waals surface area contributed by atoms with Crippen molar-refractivity contribution >= 4 is 5.91 Å². The molecule has 2 fully saturated rings. The van der Waals surface area contributed by atoms with Crippen LogP contribution >= 0.6 is 0 Å². The Labute approximate surface area is 111 Å². The molecule has 3 nitrogen and oxygen atoms in total. The zero-order chi connectivity index (χ0) is 13.2. The van der Waals surface area contributed by atoms with E-state index in [1.165, 1.54) is 25.7 Å². The highest BCUT2D eigenvalue weighted by Gasteiger charge is 2.42. The molecule has 0 aromatic carbocycles. The molecular formula is C15H28N2O. The first kappa shape index (κ1) is 13.9. The van der Waals surface area contributed by atoms with E-state index < -0.39 is 5.54 Å². The topological polar surface area (TPSA) is 46.3 Å². The summed E-state index contributed by atoms with van der Waals surface area (Å²) in [7, 11) is 0. The van der Waals surface area contributed by atoms with E-state index in [-0.39, 0.29) is 5.91 Å². The van der Waals surface area contributed by atoms with Crippen molar-refractivity contribution in [2.24, 2.45) is 17.6 Å². The van der Waals surface area contributed by atoms with Crippen LogP contribution in [0.25, 0.3) is 0 Å². The van der Waals surface area contributed by atoms with Gasteiger partial charge in [-0.3, -0.25) is 4.79 Å². The van der Waals surface area contributed by atoms with Crippen molar-refractivity contribution in [3.63, 3.8) is 0 Å². The van der Waals surface area contributed by atoms with Gasteiger partial charge in [-0.05, 0) is 37.5 Å². The van der Waals surface area contributed by atoms with E-state index in [4.69, 9.17) is 5.73 Å². The number of carbonyl (C=O) groups is 1. The van der Waals surface area contributed by atoms with Gasteiger partial charge in [-0.2, -0.15) is 0 Å². The summed E-state index contributed by atoms with van der Waals surface area (Å²) >= 11 is 0. The van der Waals surface area contributed by atoms with E-state index in [1.807, 2.05) is 4.90 Å². The van der Waals surface area contributed by atoms with Crippen molar-refractivity contribution < 1.29 is 4.79 Å². The van der Waals surface area contributed by atoms with E-state index in [0.717, 1.165) is 32.4 Å². The predicted octanol–water partition coefficient (Wildman–Crippen LogP) is 2.54. The van der Waals surface area contributed by atoms with E-state index in [2.05, 4.69) is 13.8 Å². The van der Waals surface area contributed by atoms with Gasteiger partial charge in [-0.1, -0.05) is 33.1 Å². The van der Waals surface area contributed by atoms with Gasteiger partial charge in [0, 0.05) is 13.1 Å². The number of nitrogens with zero attached hydrogens (tertiary/aromatic N) is 1. The van der Waals surface area contributed by atoms with E-state index in [1.54, 1.807) is 0 Å². The number of hydrogen-bond donors (Lipinski definition) is 1. The van der Waals surface area contributed by atoms with E-state index >= 15 is 0 Å². The highest BCUT2D eigenvalue weighted by molar-refractivity contribution is 5.86. The fourth-order valence-electron chi connectivity index (χ4n) is 3.76. The third kappa shape index (κ3) is 2.87. The molecule has 0 spiro atoms. The number of carbonyl (C=O) groups excluding carboxylic acids is 1. The van der Waals surface area contributed by atoms with Crippen LogP contribution in [0.3, 0.4) is 0 Å². The molecule has 1 aliphatic carbocycles. The second-order valence-electron chi connectivity index (χ2n) is 6.55. The van der Waals surface area contributed by atoms with Gasteiger partial charge in [-0.15, -0.1) is 0 Å². The minimum Gasteiger partial charge on any atom is -0.341 e. The molecule has 2 N–H and O–H groups in total. The van der Waals surface area contributed by atoms with Gasteiger partial charge in [0.15, 0.2) is 0 Å². The molecule has 0 radical (unpaired) electrons. The van der Waals surface area contributed by atoms with Gasteiger partial charge in [0.1, 0.15) is 0 Å². The second kappa shape index (κ2) is 5.60. The van der Waals surface area contributed by atoms with Crippen molar-refractivity contribution in [1.29, 1.82) is 0 Å². The molecule has 2 aliphatic rings. The smallest absolute Gasteiger partial charge is 0.242 e. The lowest BCUT2D eigenvalue weighted by Crippen LogP contribution is -2.56. The summed E-state index contributed by atoms with van der Waals surface area (Å²) in [5.41, 5.74) is 5.84. The minimum absolute atomic E-state index is 0.229. The Kier molecular flexibility index (Phi) is 4.31. The van der Waals surface area contributed by atoms with Crippen LogP contribution in [0.4, 0.5) is 0 Å². The SMILES string of the molecule is CCCC1CCN(C(=O)C2(N)CCCC(C)C2)C1. The normalized spacial score (nSPS) is 36.9. The third-order valence-corrected chi connectivity index (χ3v) is 4.73. The Morgan fingerprint density at radius 2 is 2.22 bits per heavy atom. The first-order chi connectivity index (χ1) is 8.55. The fraction of sp³-hybridized carbons (Fsp3) is 0.933. The average Bonchev–Trinajstić information content (AvgIpc) is 2.77. The second-order valence-corrected chi connectivity index (χ2v) is 6.55. The molecule has 1 aliphatic heterocycles. The van der Waals surface area contributed by atoms with E-state index in [9.17, 15) is 4.79 Å².